The molecule has 0 aliphatic carbocycles. The van der Waals surface area contributed by atoms with Gasteiger partial charge in [-0.05, 0) is 57.7 Å². The van der Waals surface area contributed by atoms with Crippen molar-refractivity contribution < 1.29 is 23.7 Å². The predicted molar refractivity (Wildman–Crippen MR) is 149 cm³/mol. The van der Waals surface area contributed by atoms with Gasteiger partial charge in [-0.15, -0.1) is 4.72 Å². The lowest BCUT2D eigenvalue weighted by Crippen LogP contribution is -2.47. The minimum Gasteiger partial charge on any atom is -0.598 e. The van der Waals surface area contributed by atoms with E-state index in [9.17, 15) is 19.5 Å². The van der Waals surface area contributed by atoms with E-state index in [-0.39, 0.29) is 24.0 Å². The number of benzene rings is 2. The van der Waals surface area contributed by atoms with Crippen LogP contribution in [0.4, 0.5) is 10.5 Å². The maximum absolute atomic E-state index is 13.2. The lowest BCUT2D eigenvalue weighted by molar-refractivity contribution is -0.384. The summed E-state index contributed by atoms with van der Waals surface area (Å²) in [6.45, 7) is 10.4. The van der Waals surface area contributed by atoms with Gasteiger partial charge in [0.15, 0.2) is 0 Å². The van der Waals surface area contributed by atoms with E-state index < -0.39 is 33.2 Å². The molecule has 0 aromatic heterocycles. The quantitative estimate of drug-likeness (QED) is 0.155. The highest BCUT2D eigenvalue weighted by Gasteiger charge is 2.37. The summed E-state index contributed by atoms with van der Waals surface area (Å²) in [5, 5.41) is 11.5. The van der Waals surface area contributed by atoms with Crippen molar-refractivity contribution in [1.82, 2.24) is 9.62 Å². The van der Waals surface area contributed by atoms with E-state index in [2.05, 4.69) is 11.3 Å². The number of nitro benzene ring substituents is 1. The van der Waals surface area contributed by atoms with Crippen LogP contribution in [0.5, 0.6) is 11.5 Å². The van der Waals surface area contributed by atoms with Gasteiger partial charge in [-0.25, -0.2) is 4.79 Å². The molecule has 0 spiro atoms. The topological polar surface area (TPSA) is 117 Å². The Labute approximate surface area is 235 Å². The number of carbonyl (C=O) groups is 1. The number of hydrogen-bond donors (Lipinski definition) is 1. The van der Waals surface area contributed by atoms with Crippen LogP contribution in [0.2, 0.25) is 10.0 Å². The number of carbonyl (C=O) groups excluding carboxylic acids is 1. The third-order valence-electron chi connectivity index (χ3n) is 6.06. The molecule has 1 heterocycles. The van der Waals surface area contributed by atoms with Gasteiger partial charge < -0.3 is 18.9 Å². The van der Waals surface area contributed by atoms with Gasteiger partial charge in [0.2, 0.25) is 0 Å². The van der Waals surface area contributed by atoms with Gasteiger partial charge in [0.1, 0.15) is 22.9 Å². The fourth-order valence-electron chi connectivity index (χ4n) is 3.98. The van der Waals surface area contributed by atoms with Crippen LogP contribution in [0.15, 0.2) is 49.1 Å². The number of rotatable bonds is 9. The van der Waals surface area contributed by atoms with E-state index in [1.807, 2.05) is 20.8 Å². The van der Waals surface area contributed by atoms with Gasteiger partial charge in [-0.1, -0.05) is 35.9 Å². The van der Waals surface area contributed by atoms with Crippen molar-refractivity contribution in [3.05, 3.63) is 74.8 Å². The molecule has 0 radical (unpaired) electrons. The summed E-state index contributed by atoms with van der Waals surface area (Å²) < 4.78 is 27.2. The monoisotopic (exact) mass is 583 g/mol. The molecule has 2 atom stereocenters. The van der Waals surface area contributed by atoms with Gasteiger partial charge in [0.25, 0.3) is 5.69 Å². The van der Waals surface area contributed by atoms with Gasteiger partial charge in [0, 0.05) is 48.2 Å². The highest BCUT2D eigenvalue weighted by atomic mass is 35.5. The third kappa shape index (κ3) is 7.77. The molecule has 1 fully saturated rings. The molecule has 2 aromatic carbocycles. The Balaban J connectivity index is 1.78. The zero-order valence-corrected chi connectivity index (χ0v) is 23.8. The molecule has 3 rings (SSSR count). The Hall–Kier alpha value is -2.50. The van der Waals surface area contributed by atoms with Crippen molar-refractivity contribution in [1.29, 1.82) is 0 Å². The standard InChI is InChI=1S/C26H31Cl2N3O6S/c1-5-14-36-23-16-22(28)21(27)15-20(23)24(29-38(35)26(2,3)4)17-10-12-30(13-11-17)25(32)37-19-8-6-18(7-9-19)31(33)34/h5-9,15-17,24,29H,1,10-14H2,2-4H3. The Kier molecular flexibility index (Phi) is 10.3. The maximum atomic E-state index is 13.2. The fraction of sp³-hybridized carbons (Fsp3) is 0.423. The number of nitro groups is 1. The van der Waals surface area contributed by atoms with Crippen LogP contribution < -0.4 is 14.2 Å². The average molecular weight is 585 g/mol. The normalized spacial score (nSPS) is 16.0. The molecular formula is C26H31Cl2N3O6S. The van der Waals surface area contributed by atoms with E-state index in [0.717, 1.165) is 5.56 Å². The Morgan fingerprint density at radius 2 is 1.84 bits per heavy atom. The van der Waals surface area contributed by atoms with E-state index in [0.29, 0.717) is 41.7 Å². The molecule has 1 saturated heterocycles. The molecule has 38 heavy (non-hydrogen) atoms. The summed E-state index contributed by atoms with van der Waals surface area (Å²) in [5.74, 6) is 0.735. The van der Waals surface area contributed by atoms with E-state index in [1.165, 1.54) is 24.3 Å². The number of hydrogen-bond acceptors (Lipinski definition) is 7. The van der Waals surface area contributed by atoms with Crippen LogP contribution >= 0.6 is 23.2 Å². The fourth-order valence-corrected chi connectivity index (χ4v) is 5.21. The smallest absolute Gasteiger partial charge is 0.415 e. The van der Waals surface area contributed by atoms with Gasteiger partial charge in [-0.3, -0.25) is 10.1 Å². The molecule has 1 N–H and O–H groups in total. The second kappa shape index (κ2) is 13.0. The largest absolute Gasteiger partial charge is 0.598 e. The van der Waals surface area contributed by atoms with E-state index in [1.54, 1.807) is 23.1 Å². The summed E-state index contributed by atoms with van der Waals surface area (Å²) in [4.78, 5) is 24.6. The van der Waals surface area contributed by atoms with Crippen LogP contribution in [0, 0.1) is 16.0 Å². The highest BCUT2D eigenvalue weighted by molar-refractivity contribution is 7.90. The van der Waals surface area contributed by atoms with Gasteiger partial charge in [0.05, 0.1) is 21.0 Å². The lowest BCUT2D eigenvalue weighted by atomic mass is 9.85. The number of amides is 1. The van der Waals surface area contributed by atoms with Crippen LogP contribution in [0.1, 0.15) is 45.2 Å². The Bertz CT molecular complexity index is 1150. The average Bonchev–Trinajstić information content (AvgIpc) is 2.87. The van der Waals surface area contributed by atoms with Crippen molar-refractivity contribution in [3.8, 4) is 11.5 Å². The molecule has 1 aliphatic rings. The van der Waals surface area contributed by atoms with Crippen molar-refractivity contribution in [2.45, 2.75) is 44.4 Å². The zero-order valence-electron chi connectivity index (χ0n) is 21.4. The summed E-state index contributed by atoms with van der Waals surface area (Å²) in [5.41, 5.74) is 0.640. The number of nitrogens with one attached hydrogen (secondary N) is 1. The minimum absolute atomic E-state index is 0.00644. The van der Waals surface area contributed by atoms with Crippen molar-refractivity contribution >= 4 is 46.3 Å². The minimum atomic E-state index is -1.40. The van der Waals surface area contributed by atoms with Crippen LogP contribution in [0.3, 0.4) is 0 Å². The molecule has 0 bridgehead atoms. The number of likely N-dealkylation sites (tertiary alicyclic amines) is 1. The first-order valence-electron chi connectivity index (χ1n) is 12.0. The van der Waals surface area contributed by atoms with E-state index >= 15 is 0 Å². The van der Waals surface area contributed by atoms with Crippen molar-refractivity contribution in [2.24, 2.45) is 5.92 Å². The molecule has 2 aromatic rings. The van der Waals surface area contributed by atoms with Crippen molar-refractivity contribution in [2.75, 3.05) is 19.7 Å². The van der Waals surface area contributed by atoms with Gasteiger partial charge >= 0.3 is 6.09 Å². The van der Waals surface area contributed by atoms with Gasteiger partial charge in [-0.2, -0.15) is 0 Å². The lowest BCUT2D eigenvalue weighted by Gasteiger charge is -2.37. The molecule has 1 amide bonds. The Morgan fingerprint density at radius 3 is 2.39 bits per heavy atom. The summed E-state index contributed by atoms with van der Waals surface area (Å²) in [7, 11) is 0. The summed E-state index contributed by atoms with van der Waals surface area (Å²) in [6, 6.07) is 8.33. The predicted octanol–water partition coefficient (Wildman–Crippen LogP) is 6.47. The Morgan fingerprint density at radius 1 is 1.24 bits per heavy atom. The van der Waals surface area contributed by atoms with Crippen molar-refractivity contribution in [3.63, 3.8) is 0 Å². The number of nitrogens with zero attached hydrogens (tertiary/aromatic N) is 2. The van der Waals surface area contributed by atoms with Crippen LogP contribution in [-0.2, 0) is 11.4 Å². The molecule has 206 valence electrons. The summed E-state index contributed by atoms with van der Waals surface area (Å²) >= 11 is 11.2. The third-order valence-corrected chi connectivity index (χ3v) is 8.36. The maximum Gasteiger partial charge on any atom is 0.415 e. The number of halogens is 2. The number of non-ortho nitro benzene ring substituents is 1. The van der Waals surface area contributed by atoms with Crippen LogP contribution in [0.25, 0.3) is 0 Å². The summed E-state index contributed by atoms with van der Waals surface area (Å²) in [6.07, 6.45) is 2.27. The molecular weight excluding hydrogens is 553 g/mol. The first kappa shape index (κ1) is 30.0. The molecule has 2 unspecified atom stereocenters. The number of ether oxygens (including phenoxy) is 2. The molecule has 12 heteroatoms. The second-order valence-corrected chi connectivity index (χ2v) is 12.6. The van der Waals surface area contributed by atoms with E-state index in [4.69, 9.17) is 32.7 Å². The molecule has 0 saturated carbocycles. The highest BCUT2D eigenvalue weighted by Crippen LogP contribution is 2.41. The second-order valence-electron chi connectivity index (χ2n) is 9.82. The van der Waals surface area contributed by atoms with Crippen LogP contribution in [-0.4, -0.2) is 44.9 Å². The molecule has 1 aliphatic heterocycles. The zero-order chi connectivity index (χ0) is 28.0. The first-order valence-corrected chi connectivity index (χ1v) is 13.9. The SMILES string of the molecule is C=CCOc1cc(Cl)c(Cl)cc1C(N[S+]([O-])C(C)(C)C)C1CCN(C(=O)Oc2ccc([N+](=O)[O-])cc2)CC1. The first-order chi connectivity index (χ1) is 17.9. The number of piperidine rings is 1. The molecule has 9 nitrogen and oxygen atoms in total.